The molecule has 1 fully saturated rings. The minimum Gasteiger partial charge on any atom is -0.457 e. The highest BCUT2D eigenvalue weighted by Crippen LogP contribution is 2.30. The smallest absolute Gasteiger partial charge is 0.253 e. The molecule has 2 N–H and O–H groups in total. The van der Waals surface area contributed by atoms with Crippen molar-refractivity contribution in [1.82, 2.24) is 4.90 Å². The van der Waals surface area contributed by atoms with Gasteiger partial charge in [0.25, 0.3) is 5.91 Å². The fourth-order valence-electron chi connectivity index (χ4n) is 2.89. The number of halogens is 3. The maximum Gasteiger partial charge on any atom is 0.253 e. The predicted octanol–water partition coefficient (Wildman–Crippen LogP) is 3.99. The molecule has 0 spiro atoms. The van der Waals surface area contributed by atoms with Crippen LogP contribution in [0.1, 0.15) is 23.7 Å². The molecule has 0 aromatic heterocycles. The Labute approximate surface area is 157 Å². The topological polar surface area (TPSA) is 55.6 Å². The lowest BCUT2D eigenvalue weighted by Crippen LogP contribution is -2.34. The van der Waals surface area contributed by atoms with Gasteiger partial charge in [0.1, 0.15) is 11.5 Å². The van der Waals surface area contributed by atoms with Gasteiger partial charge in [0, 0.05) is 24.7 Å². The summed E-state index contributed by atoms with van der Waals surface area (Å²) in [5.41, 5.74) is 6.31. The van der Waals surface area contributed by atoms with Crippen molar-refractivity contribution < 1.29 is 18.3 Å². The minimum atomic E-state index is -0.971. The Hall–Kier alpha value is -2.18. The molecule has 1 atom stereocenters. The molecule has 1 saturated heterocycles. The van der Waals surface area contributed by atoms with Crippen molar-refractivity contribution >= 4 is 18.3 Å². The molecule has 0 bridgehead atoms. The van der Waals surface area contributed by atoms with Gasteiger partial charge in [0.15, 0.2) is 11.6 Å². The molecule has 1 aliphatic rings. The number of rotatable bonds is 4. The molecular formula is C19H21ClF2N2O2. The van der Waals surface area contributed by atoms with Crippen molar-refractivity contribution in [3.8, 4) is 11.5 Å². The maximum absolute atomic E-state index is 13.2. The monoisotopic (exact) mass is 382 g/mol. The normalized spacial score (nSPS) is 19.2. The van der Waals surface area contributed by atoms with Crippen LogP contribution in [0.5, 0.6) is 11.5 Å². The van der Waals surface area contributed by atoms with E-state index in [1.165, 1.54) is 6.07 Å². The number of nitrogens with zero attached hydrogens (tertiary/aromatic N) is 1. The summed E-state index contributed by atoms with van der Waals surface area (Å²) in [6.07, 6.45) is 0.895. The molecule has 4 nitrogen and oxygen atoms in total. The summed E-state index contributed by atoms with van der Waals surface area (Å²) >= 11 is 0. The van der Waals surface area contributed by atoms with Gasteiger partial charge >= 0.3 is 0 Å². The third-order valence-corrected chi connectivity index (χ3v) is 4.57. The first-order valence-electron chi connectivity index (χ1n) is 8.12. The van der Waals surface area contributed by atoms with Gasteiger partial charge in [-0.3, -0.25) is 4.79 Å². The van der Waals surface area contributed by atoms with Crippen LogP contribution in [0.4, 0.5) is 8.78 Å². The van der Waals surface area contributed by atoms with Crippen LogP contribution in [0.15, 0.2) is 42.5 Å². The fraction of sp³-hybridized carbons (Fsp3) is 0.316. The Morgan fingerprint density at radius 3 is 2.38 bits per heavy atom. The van der Waals surface area contributed by atoms with Gasteiger partial charge in [-0.15, -0.1) is 12.4 Å². The van der Waals surface area contributed by atoms with Gasteiger partial charge in [-0.2, -0.15) is 0 Å². The van der Waals surface area contributed by atoms with Crippen molar-refractivity contribution in [2.24, 2.45) is 11.1 Å². The Kier molecular flexibility index (Phi) is 6.21. The molecule has 1 heterocycles. The Bertz CT molecular complexity index is 786. The van der Waals surface area contributed by atoms with E-state index < -0.39 is 11.6 Å². The SMILES string of the molecule is CC1(CN)CCN(C(=O)c2ccc(Oc3ccc(F)c(F)c3)cc2)C1.Cl. The highest BCUT2D eigenvalue weighted by atomic mass is 35.5. The molecule has 1 unspecified atom stereocenters. The summed E-state index contributed by atoms with van der Waals surface area (Å²) in [6.45, 7) is 3.98. The fourth-order valence-corrected chi connectivity index (χ4v) is 2.89. The van der Waals surface area contributed by atoms with E-state index in [1.54, 1.807) is 29.2 Å². The summed E-state index contributed by atoms with van der Waals surface area (Å²) in [7, 11) is 0. The molecule has 26 heavy (non-hydrogen) atoms. The third kappa shape index (κ3) is 4.31. The lowest BCUT2D eigenvalue weighted by molar-refractivity contribution is 0.0777. The molecule has 3 rings (SSSR count). The number of likely N-dealkylation sites (tertiary alicyclic amines) is 1. The highest BCUT2D eigenvalue weighted by Gasteiger charge is 2.35. The number of carbonyl (C=O) groups is 1. The summed E-state index contributed by atoms with van der Waals surface area (Å²) in [6, 6.07) is 9.91. The van der Waals surface area contributed by atoms with Crippen LogP contribution >= 0.6 is 12.4 Å². The van der Waals surface area contributed by atoms with Crippen LogP contribution in [0.3, 0.4) is 0 Å². The van der Waals surface area contributed by atoms with Gasteiger partial charge in [-0.05, 0) is 54.8 Å². The summed E-state index contributed by atoms with van der Waals surface area (Å²) in [4.78, 5) is 14.4. The Balaban J connectivity index is 0.00000243. The van der Waals surface area contributed by atoms with Gasteiger partial charge in [-0.1, -0.05) is 6.92 Å². The zero-order chi connectivity index (χ0) is 18.0. The van der Waals surface area contributed by atoms with E-state index in [-0.39, 0.29) is 29.5 Å². The average molecular weight is 383 g/mol. The quantitative estimate of drug-likeness (QED) is 0.869. The molecule has 1 amide bonds. The number of hydrogen-bond donors (Lipinski definition) is 1. The van der Waals surface area contributed by atoms with E-state index >= 15 is 0 Å². The van der Waals surface area contributed by atoms with E-state index in [9.17, 15) is 13.6 Å². The molecule has 140 valence electrons. The van der Waals surface area contributed by atoms with Crippen LogP contribution in [-0.2, 0) is 0 Å². The molecule has 0 saturated carbocycles. The lowest BCUT2D eigenvalue weighted by Gasteiger charge is -2.22. The Morgan fingerprint density at radius 2 is 1.81 bits per heavy atom. The van der Waals surface area contributed by atoms with Crippen LogP contribution in [0.2, 0.25) is 0 Å². The van der Waals surface area contributed by atoms with Crippen LogP contribution < -0.4 is 10.5 Å². The van der Waals surface area contributed by atoms with Crippen LogP contribution in [0.25, 0.3) is 0 Å². The number of amides is 1. The van der Waals surface area contributed by atoms with Gasteiger partial charge in [0.05, 0.1) is 0 Å². The first kappa shape index (κ1) is 20.1. The van der Waals surface area contributed by atoms with Gasteiger partial charge < -0.3 is 15.4 Å². The Morgan fingerprint density at radius 1 is 1.15 bits per heavy atom. The maximum atomic E-state index is 13.2. The summed E-state index contributed by atoms with van der Waals surface area (Å²) < 4.78 is 31.6. The van der Waals surface area contributed by atoms with Gasteiger partial charge in [-0.25, -0.2) is 8.78 Å². The molecule has 0 aliphatic carbocycles. The number of hydrogen-bond acceptors (Lipinski definition) is 3. The van der Waals surface area contributed by atoms with Gasteiger partial charge in [0.2, 0.25) is 0 Å². The number of carbonyl (C=O) groups excluding carboxylic acids is 1. The van der Waals surface area contributed by atoms with E-state index in [0.29, 0.717) is 30.9 Å². The third-order valence-electron chi connectivity index (χ3n) is 4.57. The van der Waals surface area contributed by atoms with E-state index in [1.807, 2.05) is 0 Å². The van der Waals surface area contributed by atoms with Crippen molar-refractivity contribution in [3.05, 3.63) is 59.7 Å². The summed E-state index contributed by atoms with van der Waals surface area (Å²) in [5.74, 6) is -1.31. The van der Waals surface area contributed by atoms with Crippen LogP contribution in [-0.4, -0.2) is 30.4 Å². The second kappa shape index (κ2) is 8.01. The second-order valence-corrected chi connectivity index (χ2v) is 6.69. The lowest BCUT2D eigenvalue weighted by atomic mass is 9.90. The molecule has 2 aromatic rings. The predicted molar refractivity (Wildman–Crippen MR) is 97.8 cm³/mol. The van der Waals surface area contributed by atoms with E-state index in [0.717, 1.165) is 18.6 Å². The first-order valence-corrected chi connectivity index (χ1v) is 8.12. The molecule has 1 aliphatic heterocycles. The highest BCUT2D eigenvalue weighted by molar-refractivity contribution is 5.94. The molecule has 0 radical (unpaired) electrons. The zero-order valence-electron chi connectivity index (χ0n) is 14.4. The van der Waals surface area contributed by atoms with E-state index in [4.69, 9.17) is 10.5 Å². The van der Waals surface area contributed by atoms with Crippen LogP contribution in [0, 0.1) is 17.0 Å². The van der Waals surface area contributed by atoms with Crippen molar-refractivity contribution in [2.45, 2.75) is 13.3 Å². The molecule has 2 aromatic carbocycles. The molecule has 7 heteroatoms. The number of ether oxygens (including phenoxy) is 1. The van der Waals surface area contributed by atoms with E-state index in [2.05, 4.69) is 6.92 Å². The number of benzene rings is 2. The second-order valence-electron chi connectivity index (χ2n) is 6.69. The zero-order valence-corrected chi connectivity index (χ0v) is 15.2. The standard InChI is InChI=1S/C19H20F2N2O2.ClH/c1-19(11-22)8-9-23(12-19)18(24)13-2-4-14(5-3-13)25-15-6-7-16(20)17(21)10-15;/h2-7,10H,8-9,11-12,22H2,1H3;1H. The first-order chi connectivity index (χ1) is 11.9. The molecular weight excluding hydrogens is 362 g/mol. The minimum absolute atomic E-state index is 0. The average Bonchev–Trinajstić information content (AvgIpc) is 3.01. The van der Waals surface area contributed by atoms with Crippen molar-refractivity contribution in [1.29, 1.82) is 0 Å². The summed E-state index contributed by atoms with van der Waals surface area (Å²) in [5, 5.41) is 0. The van der Waals surface area contributed by atoms with Crippen molar-refractivity contribution in [2.75, 3.05) is 19.6 Å². The largest absolute Gasteiger partial charge is 0.457 e. The van der Waals surface area contributed by atoms with Crippen molar-refractivity contribution in [3.63, 3.8) is 0 Å². The number of nitrogens with two attached hydrogens (primary N) is 1.